The number of aliphatic hydroxyl groups excluding tert-OH is 2. The highest BCUT2D eigenvalue weighted by Crippen LogP contribution is 2.27. The minimum absolute atomic E-state index is 0.142. The van der Waals surface area contributed by atoms with Gasteiger partial charge in [0.25, 0.3) is 0 Å². The number of aliphatic imine (C=N–C) groups is 1. The molecule has 6 heteroatoms. The van der Waals surface area contributed by atoms with E-state index in [4.69, 9.17) is 21.1 Å². The number of ether oxygens (including phenoxy) is 2. The van der Waals surface area contributed by atoms with Gasteiger partial charge >= 0.3 is 0 Å². The lowest BCUT2D eigenvalue weighted by Gasteiger charge is -2.25. The molecule has 0 atom stereocenters. The summed E-state index contributed by atoms with van der Waals surface area (Å²) in [5.41, 5.74) is -1.78. The molecule has 0 bridgehead atoms. The van der Waals surface area contributed by atoms with Crippen molar-refractivity contribution in [2.24, 2.45) is 4.99 Å². The molecule has 2 rings (SSSR count). The first-order chi connectivity index (χ1) is 9.41. The number of rotatable bonds is 5. The Morgan fingerprint density at radius 2 is 1.90 bits per heavy atom. The highest BCUT2D eigenvalue weighted by molar-refractivity contribution is 6.30. The van der Waals surface area contributed by atoms with E-state index in [1.54, 1.807) is 24.3 Å². The third-order valence-electron chi connectivity index (χ3n) is 3.11. The summed E-state index contributed by atoms with van der Waals surface area (Å²) in [6.07, 6.45) is 0. The fourth-order valence-corrected chi connectivity index (χ4v) is 1.97. The summed E-state index contributed by atoms with van der Waals surface area (Å²) >= 11 is 5.83. The van der Waals surface area contributed by atoms with Crippen LogP contribution in [0.3, 0.4) is 0 Å². The molecule has 110 valence electrons. The zero-order valence-electron chi connectivity index (χ0n) is 11.5. The van der Waals surface area contributed by atoms with Crippen LogP contribution >= 0.6 is 11.6 Å². The maximum Gasteiger partial charge on any atom is 0.229 e. The molecule has 20 heavy (non-hydrogen) atoms. The van der Waals surface area contributed by atoms with Gasteiger partial charge in [0, 0.05) is 5.02 Å². The number of aliphatic hydroxyl groups is 2. The normalized spacial score (nSPS) is 17.6. The Labute approximate surface area is 122 Å². The van der Waals surface area contributed by atoms with Gasteiger partial charge in [0.2, 0.25) is 5.90 Å². The van der Waals surface area contributed by atoms with Crippen LogP contribution in [0.15, 0.2) is 29.3 Å². The minimum Gasteiger partial charge on any atom is -0.478 e. The van der Waals surface area contributed by atoms with Gasteiger partial charge < -0.3 is 19.7 Å². The lowest BCUT2D eigenvalue weighted by molar-refractivity contribution is 0.0907. The van der Waals surface area contributed by atoms with Crippen molar-refractivity contribution in [3.8, 4) is 5.75 Å². The van der Waals surface area contributed by atoms with Gasteiger partial charge in [-0.25, -0.2) is 4.99 Å². The van der Waals surface area contributed by atoms with Crippen molar-refractivity contribution in [1.82, 2.24) is 0 Å². The number of nitrogens with zero attached hydrogens (tertiary/aromatic N) is 1. The van der Waals surface area contributed by atoms with Gasteiger partial charge in [0.15, 0.2) is 5.60 Å². The molecular weight excluding hydrogens is 282 g/mol. The van der Waals surface area contributed by atoms with Crippen LogP contribution < -0.4 is 4.74 Å². The second-order valence-corrected chi connectivity index (χ2v) is 5.75. The van der Waals surface area contributed by atoms with Crippen LogP contribution in [0.1, 0.15) is 13.8 Å². The van der Waals surface area contributed by atoms with Crippen molar-refractivity contribution in [2.45, 2.75) is 25.0 Å². The maximum absolute atomic E-state index is 9.32. The molecule has 1 aliphatic heterocycles. The summed E-state index contributed by atoms with van der Waals surface area (Å²) in [6.45, 7) is 3.22. The van der Waals surface area contributed by atoms with Gasteiger partial charge in [0.1, 0.15) is 17.9 Å². The van der Waals surface area contributed by atoms with Crippen molar-refractivity contribution in [3.63, 3.8) is 0 Å². The second kappa shape index (κ2) is 5.60. The van der Waals surface area contributed by atoms with Crippen molar-refractivity contribution in [3.05, 3.63) is 29.3 Å². The van der Waals surface area contributed by atoms with Crippen LogP contribution in [-0.2, 0) is 4.74 Å². The summed E-state index contributed by atoms with van der Waals surface area (Å²) in [7, 11) is 0. The average molecular weight is 300 g/mol. The standard InChI is InChI=1S/C14H18ClNO4/c1-13(2,20-11-5-3-10(15)4-6-11)12-16-14(7-17,8-18)9-19-12/h3-6,17-18H,7-9H2,1-2H3. The van der Waals surface area contributed by atoms with Gasteiger partial charge in [-0.15, -0.1) is 0 Å². The van der Waals surface area contributed by atoms with Crippen LogP contribution in [-0.4, -0.2) is 47.1 Å². The monoisotopic (exact) mass is 299 g/mol. The van der Waals surface area contributed by atoms with E-state index in [0.717, 1.165) is 0 Å². The lowest BCUT2D eigenvalue weighted by atomic mass is 10.1. The molecule has 5 nitrogen and oxygen atoms in total. The molecule has 1 heterocycles. The Kier molecular flexibility index (Phi) is 4.22. The number of hydrogen-bond donors (Lipinski definition) is 2. The topological polar surface area (TPSA) is 71.3 Å². The van der Waals surface area contributed by atoms with E-state index in [-0.39, 0.29) is 19.8 Å². The molecule has 1 aromatic rings. The van der Waals surface area contributed by atoms with Gasteiger partial charge in [-0.2, -0.15) is 0 Å². The molecule has 0 aromatic heterocycles. The van der Waals surface area contributed by atoms with Crippen LogP contribution in [0.2, 0.25) is 5.02 Å². The average Bonchev–Trinajstić information content (AvgIpc) is 2.87. The summed E-state index contributed by atoms with van der Waals surface area (Å²) in [4.78, 5) is 4.29. The van der Waals surface area contributed by atoms with Gasteiger partial charge in [0.05, 0.1) is 13.2 Å². The van der Waals surface area contributed by atoms with E-state index in [2.05, 4.69) is 4.99 Å². The SMILES string of the molecule is CC(C)(Oc1ccc(Cl)cc1)C1=NC(CO)(CO)CO1. The number of benzene rings is 1. The Morgan fingerprint density at radius 1 is 1.30 bits per heavy atom. The predicted octanol–water partition coefficient (Wildman–Crippen LogP) is 1.65. The quantitative estimate of drug-likeness (QED) is 0.867. The highest BCUT2D eigenvalue weighted by Gasteiger charge is 2.42. The van der Waals surface area contributed by atoms with Crippen molar-refractivity contribution in [2.75, 3.05) is 19.8 Å². The maximum atomic E-state index is 9.32. The molecule has 0 radical (unpaired) electrons. The predicted molar refractivity (Wildman–Crippen MR) is 76.4 cm³/mol. The lowest BCUT2D eigenvalue weighted by Crippen LogP contribution is -2.38. The third kappa shape index (κ3) is 3.06. The minimum atomic E-state index is -0.976. The fraction of sp³-hybridized carbons (Fsp3) is 0.500. The van der Waals surface area contributed by atoms with Crippen LogP contribution in [0.25, 0.3) is 0 Å². The second-order valence-electron chi connectivity index (χ2n) is 5.31. The Balaban J connectivity index is 2.16. The first kappa shape index (κ1) is 15.1. The highest BCUT2D eigenvalue weighted by atomic mass is 35.5. The largest absolute Gasteiger partial charge is 0.478 e. The molecule has 0 saturated carbocycles. The first-order valence-electron chi connectivity index (χ1n) is 6.30. The molecular formula is C14H18ClNO4. The molecule has 1 aromatic carbocycles. The summed E-state index contributed by atoms with van der Waals surface area (Å²) in [5, 5.41) is 19.3. The molecule has 0 saturated heterocycles. The van der Waals surface area contributed by atoms with E-state index >= 15 is 0 Å². The zero-order chi connectivity index (χ0) is 14.8. The summed E-state index contributed by atoms with van der Waals surface area (Å²) in [5.74, 6) is 0.992. The third-order valence-corrected chi connectivity index (χ3v) is 3.36. The molecule has 2 N–H and O–H groups in total. The Hall–Kier alpha value is -1.30. The summed E-state index contributed by atoms with van der Waals surface area (Å²) in [6, 6.07) is 6.97. The van der Waals surface area contributed by atoms with Gasteiger partial charge in [-0.3, -0.25) is 0 Å². The van der Waals surface area contributed by atoms with E-state index in [9.17, 15) is 10.2 Å². The van der Waals surface area contributed by atoms with Crippen molar-refractivity contribution in [1.29, 1.82) is 0 Å². The van der Waals surface area contributed by atoms with Crippen molar-refractivity contribution >= 4 is 17.5 Å². The number of halogens is 1. The Bertz CT molecular complexity index is 494. The fourth-order valence-electron chi connectivity index (χ4n) is 1.84. The molecule has 0 spiro atoms. The van der Waals surface area contributed by atoms with Crippen molar-refractivity contribution < 1.29 is 19.7 Å². The van der Waals surface area contributed by atoms with Crippen LogP contribution in [0, 0.1) is 0 Å². The molecule has 1 aliphatic rings. The van der Waals surface area contributed by atoms with E-state index < -0.39 is 11.1 Å². The van der Waals surface area contributed by atoms with E-state index in [0.29, 0.717) is 16.7 Å². The molecule has 0 fully saturated rings. The summed E-state index contributed by atoms with van der Waals surface area (Å²) < 4.78 is 11.3. The number of hydrogen-bond acceptors (Lipinski definition) is 5. The molecule has 0 amide bonds. The Morgan fingerprint density at radius 3 is 2.40 bits per heavy atom. The smallest absolute Gasteiger partial charge is 0.229 e. The van der Waals surface area contributed by atoms with E-state index in [1.807, 2.05) is 13.8 Å². The zero-order valence-corrected chi connectivity index (χ0v) is 12.2. The van der Waals surface area contributed by atoms with Gasteiger partial charge in [-0.1, -0.05) is 11.6 Å². The molecule has 0 aliphatic carbocycles. The van der Waals surface area contributed by atoms with Gasteiger partial charge in [-0.05, 0) is 38.1 Å². The van der Waals surface area contributed by atoms with E-state index in [1.165, 1.54) is 0 Å². The van der Waals surface area contributed by atoms with Crippen LogP contribution in [0.4, 0.5) is 0 Å². The first-order valence-corrected chi connectivity index (χ1v) is 6.68. The molecule has 0 unspecified atom stereocenters. The van der Waals surface area contributed by atoms with Crippen LogP contribution in [0.5, 0.6) is 5.75 Å².